The number of hydrogen-bond acceptors (Lipinski definition) is 1. The summed E-state index contributed by atoms with van der Waals surface area (Å²) in [6.07, 6.45) is 2.20. The third kappa shape index (κ3) is 1.56. The largest absolute Gasteiger partial charge is 0.392 e. The topological polar surface area (TPSA) is 20.2 Å². The van der Waals surface area contributed by atoms with Crippen molar-refractivity contribution >= 4 is 10.8 Å². The molecule has 2 saturated carbocycles. The third-order valence-corrected chi connectivity index (χ3v) is 6.96. The molecule has 2 aliphatic rings. The van der Waals surface area contributed by atoms with E-state index >= 15 is 0 Å². The smallest absolute Gasteiger partial charge is 0.0670 e. The van der Waals surface area contributed by atoms with E-state index < -0.39 is 0 Å². The van der Waals surface area contributed by atoms with Gasteiger partial charge in [-0.1, -0.05) is 63.2 Å². The van der Waals surface area contributed by atoms with Gasteiger partial charge in [0.1, 0.15) is 0 Å². The second kappa shape index (κ2) is 4.10. The number of aliphatic hydroxyl groups excluding tert-OH is 1. The van der Waals surface area contributed by atoms with E-state index in [9.17, 15) is 5.11 Å². The van der Waals surface area contributed by atoms with E-state index in [0.717, 1.165) is 6.42 Å². The van der Waals surface area contributed by atoms with Crippen molar-refractivity contribution in [3.05, 3.63) is 48.0 Å². The number of benzene rings is 2. The molecule has 0 unspecified atom stereocenters. The Morgan fingerprint density at radius 1 is 1.00 bits per heavy atom. The van der Waals surface area contributed by atoms with E-state index in [-0.39, 0.29) is 16.9 Å². The molecule has 110 valence electrons. The molecule has 1 nitrogen and oxygen atoms in total. The molecule has 4 rings (SSSR count). The van der Waals surface area contributed by atoms with Crippen molar-refractivity contribution in [3.63, 3.8) is 0 Å². The molecule has 2 aromatic rings. The highest BCUT2D eigenvalue weighted by molar-refractivity contribution is 5.83. The van der Waals surface area contributed by atoms with Crippen LogP contribution in [0.1, 0.15) is 45.1 Å². The van der Waals surface area contributed by atoms with Crippen LogP contribution in [0.25, 0.3) is 10.8 Å². The zero-order chi connectivity index (χ0) is 14.8. The zero-order valence-corrected chi connectivity index (χ0v) is 13.1. The van der Waals surface area contributed by atoms with Crippen LogP contribution in [0.3, 0.4) is 0 Å². The molecule has 2 fully saturated rings. The van der Waals surface area contributed by atoms with Crippen LogP contribution < -0.4 is 0 Å². The van der Waals surface area contributed by atoms with Gasteiger partial charge in [0.2, 0.25) is 0 Å². The van der Waals surface area contributed by atoms with E-state index in [1.165, 1.54) is 22.8 Å². The van der Waals surface area contributed by atoms with Crippen molar-refractivity contribution in [1.82, 2.24) is 0 Å². The van der Waals surface area contributed by atoms with Gasteiger partial charge in [0.15, 0.2) is 0 Å². The van der Waals surface area contributed by atoms with E-state index in [2.05, 4.69) is 63.2 Å². The van der Waals surface area contributed by atoms with Crippen LogP contribution >= 0.6 is 0 Å². The molecule has 2 aliphatic carbocycles. The van der Waals surface area contributed by atoms with Gasteiger partial charge in [-0.25, -0.2) is 0 Å². The van der Waals surface area contributed by atoms with E-state index in [1.807, 2.05) is 0 Å². The summed E-state index contributed by atoms with van der Waals surface area (Å²) < 4.78 is 0. The molecule has 4 atom stereocenters. The molecule has 0 heterocycles. The maximum Gasteiger partial charge on any atom is 0.0670 e. The van der Waals surface area contributed by atoms with Gasteiger partial charge in [-0.2, -0.15) is 0 Å². The van der Waals surface area contributed by atoms with Gasteiger partial charge < -0.3 is 5.11 Å². The van der Waals surface area contributed by atoms with Crippen LogP contribution in [-0.2, 0) is 0 Å². The van der Waals surface area contributed by atoms with E-state index in [0.29, 0.717) is 11.8 Å². The van der Waals surface area contributed by atoms with E-state index in [4.69, 9.17) is 0 Å². The fraction of sp³-hybridized carbons (Fsp3) is 0.500. The highest BCUT2D eigenvalue weighted by Gasteiger charge is 2.65. The first-order valence-electron chi connectivity index (χ1n) is 8.12. The van der Waals surface area contributed by atoms with Gasteiger partial charge in [-0.15, -0.1) is 0 Å². The minimum Gasteiger partial charge on any atom is -0.392 e. The van der Waals surface area contributed by atoms with Gasteiger partial charge in [0.05, 0.1) is 6.10 Å². The fourth-order valence-corrected chi connectivity index (χ4v) is 5.17. The fourth-order valence-electron chi connectivity index (χ4n) is 5.17. The predicted octanol–water partition coefficient (Wildman–Crippen LogP) is 4.74. The summed E-state index contributed by atoms with van der Waals surface area (Å²) >= 11 is 0. The quantitative estimate of drug-likeness (QED) is 0.800. The van der Waals surface area contributed by atoms with Crippen molar-refractivity contribution in [1.29, 1.82) is 0 Å². The molecule has 21 heavy (non-hydrogen) atoms. The Labute approximate surface area is 127 Å². The number of aliphatic hydroxyl groups is 1. The molecule has 2 bridgehead atoms. The Morgan fingerprint density at radius 3 is 2.38 bits per heavy atom. The van der Waals surface area contributed by atoms with Crippen LogP contribution in [0.15, 0.2) is 42.5 Å². The van der Waals surface area contributed by atoms with Crippen LogP contribution in [0.5, 0.6) is 0 Å². The molecule has 0 amide bonds. The molecule has 2 aromatic carbocycles. The number of rotatable bonds is 1. The zero-order valence-electron chi connectivity index (χ0n) is 13.1. The Balaban J connectivity index is 1.83. The summed E-state index contributed by atoms with van der Waals surface area (Å²) in [6.45, 7) is 7.00. The summed E-state index contributed by atoms with van der Waals surface area (Å²) in [5.41, 5.74) is 1.61. The summed E-state index contributed by atoms with van der Waals surface area (Å²) in [7, 11) is 0. The van der Waals surface area contributed by atoms with Crippen molar-refractivity contribution in [3.8, 4) is 0 Å². The average molecular weight is 280 g/mol. The van der Waals surface area contributed by atoms with E-state index in [1.54, 1.807) is 0 Å². The highest BCUT2D eigenvalue weighted by Crippen LogP contribution is 2.70. The van der Waals surface area contributed by atoms with Gasteiger partial charge in [-0.3, -0.25) is 0 Å². The molecule has 0 spiro atoms. The monoisotopic (exact) mass is 280 g/mol. The lowest BCUT2D eigenvalue weighted by Crippen LogP contribution is -2.36. The minimum absolute atomic E-state index is 0.0635. The average Bonchev–Trinajstić information content (AvgIpc) is 2.79. The van der Waals surface area contributed by atoms with Crippen LogP contribution in [0.2, 0.25) is 0 Å². The van der Waals surface area contributed by atoms with Crippen LogP contribution in [0, 0.1) is 16.7 Å². The Hall–Kier alpha value is -1.34. The summed E-state index contributed by atoms with van der Waals surface area (Å²) in [6, 6.07) is 15.2. The lowest BCUT2D eigenvalue weighted by Gasteiger charge is -2.37. The molecule has 0 radical (unpaired) electrons. The molecular weight excluding hydrogens is 256 g/mol. The minimum atomic E-state index is -0.215. The second-order valence-corrected chi connectivity index (χ2v) is 7.86. The second-order valence-electron chi connectivity index (χ2n) is 7.86. The van der Waals surface area contributed by atoms with Gasteiger partial charge in [0.25, 0.3) is 0 Å². The molecule has 1 heteroatoms. The predicted molar refractivity (Wildman–Crippen MR) is 87.3 cm³/mol. The third-order valence-electron chi connectivity index (χ3n) is 6.96. The van der Waals surface area contributed by atoms with Crippen LogP contribution in [0.4, 0.5) is 0 Å². The Morgan fingerprint density at radius 2 is 1.71 bits per heavy atom. The van der Waals surface area contributed by atoms with Crippen molar-refractivity contribution in [2.24, 2.45) is 16.7 Å². The SMILES string of the molecule is CC1(C)[C@@H]2CC[C@@]1(C)[C@H](O)[C@@H]2c1ccc2ccccc2c1. The summed E-state index contributed by atoms with van der Waals surface area (Å²) in [5, 5.41) is 13.6. The maximum absolute atomic E-state index is 11.0. The summed E-state index contributed by atoms with van der Waals surface area (Å²) in [4.78, 5) is 0. The van der Waals surface area contributed by atoms with Crippen molar-refractivity contribution in [2.45, 2.75) is 45.6 Å². The highest BCUT2D eigenvalue weighted by atomic mass is 16.3. The first-order chi connectivity index (χ1) is 9.95. The molecule has 1 N–H and O–H groups in total. The maximum atomic E-state index is 11.0. The normalized spacial score (nSPS) is 37.2. The van der Waals surface area contributed by atoms with Gasteiger partial charge >= 0.3 is 0 Å². The number of fused-ring (bicyclic) bond motifs is 3. The Bertz CT molecular complexity index is 702. The molecule has 0 saturated heterocycles. The lowest BCUT2D eigenvalue weighted by molar-refractivity contribution is 0.00468. The first kappa shape index (κ1) is 13.3. The summed E-state index contributed by atoms with van der Waals surface area (Å²) in [5.74, 6) is 0.891. The molecule has 0 aromatic heterocycles. The van der Waals surface area contributed by atoms with Crippen LogP contribution in [-0.4, -0.2) is 11.2 Å². The molecule has 0 aliphatic heterocycles. The lowest BCUT2D eigenvalue weighted by atomic mass is 9.70. The van der Waals surface area contributed by atoms with Gasteiger partial charge in [-0.05, 0) is 45.9 Å². The standard InChI is InChI=1S/C20H24O/c1-19(2)16-10-11-20(19,3)18(21)17(16)15-9-8-13-6-4-5-7-14(13)12-15/h4-9,12,16-18,21H,10-11H2,1-3H3/t16-,17-,18-,20+/m1/s1. The van der Waals surface area contributed by atoms with Crippen molar-refractivity contribution < 1.29 is 5.11 Å². The first-order valence-corrected chi connectivity index (χ1v) is 8.12. The Kier molecular flexibility index (Phi) is 2.60. The van der Waals surface area contributed by atoms with Gasteiger partial charge in [0, 0.05) is 5.92 Å². The van der Waals surface area contributed by atoms with Crippen molar-refractivity contribution in [2.75, 3.05) is 0 Å². The molecular formula is C20H24O. The number of hydrogen-bond donors (Lipinski definition) is 1.